The Morgan fingerprint density at radius 2 is 2.07 bits per heavy atom. The number of nitrogens with zero attached hydrogens (tertiary/aromatic N) is 4. The Morgan fingerprint density at radius 3 is 2.86 bits per heavy atom. The van der Waals surface area contributed by atoms with Crippen molar-refractivity contribution in [3.8, 4) is 6.07 Å². The molecule has 1 unspecified atom stereocenters. The highest BCUT2D eigenvalue weighted by Gasteiger charge is 2.23. The fraction of sp³-hybridized carbons (Fsp3) is 0.286. The smallest absolute Gasteiger partial charge is 0.266 e. The van der Waals surface area contributed by atoms with Gasteiger partial charge in [-0.25, -0.2) is 9.37 Å². The van der Waals surface area contributed by atoms with Crippen molar-refractivity contribution in [2.24, 2.45) is 5.73 Å². The second-order valence-corrected chi connectivity index (χ2v) is 7.05. The highest BCUT2D eigenvalue weighted by atomic mass is 19.1. The van der Waals surface area contributed by atoms with Gasteiger partial charge in [0, 0.05) is 19.1 Å². The largest absolute Gasteiger partial charge is 0.341 e. The first-order valence-electron chi connectivity index (χ1n) is 9.26. The number of nitrogens with two attached hydrogens (primary N) is 1. The Balaban J connectivity index is 1.92. The summed E-state index contributed by atoms with van der Waals surface area (Å²) in [4.78, 5) is 19.8. The molecule has 0 aliphatic carbocycles. The lowest BCUT2D eigenvalue weighted by molar-refractivity contribution is 0.491. The lowest BCUT2D eigenvalue weighted by Gasteiger charge is -2.33. The number of piperidine rings is 1. The number of hydrogen-bond acceptors (Lipinski definition) is 5. The van der Waals surface area contributed by atoms with Crippen LogP contribution in [0.25, 0.3) is 10.9 Å². The Hall–Kier alpha value is -3.24. The molecule has 1 aromatic heterocycles. The first-order chi connectivity index (χ1) is 13.6. The zero-order chi connectivity index (χ0) is 19.7. The minimum atomic E-state index is -0.598. The van der Waals surface area contributed by atoms with Crippen LogP contribution >= 0.6 is 0 Å². The molecule has 6 nitrogen and oxygen atoms in total. The lowest BCUT2D eigenvalue weighted by Crippen LogP contribution is -2.45. The van der Waals surface area contributed by atoms with Crippen molar-refractivity contribution in [1.82, 2.24) is 9.55 Å². The average molecular weight is 377 g/mol. The maximum Gasteiger partial charge on any atom is 0.266 e. The van der Waals surface area contributed by atoms with E-state index in [9.17, 15) is 14.4 Å². The molecule has 2 heterocycles. The van der Waals surface area contributed by atoms with Gasteiger partial charge < -0.3 is 10.6 Å². The monoisotopic (exact) mass is 377 g/mol. The van der Waals surface area contributed by atoms with Crippen LogP contribution in [-0.2, 0) is 6.54 Å². The second-order valence-electron chi connectivity index (χ2n) is 7.05. The fourth-order valence-corrected chi connectivity index (χ4v) is 3.72. The first kappa shape index (κ1) is 18.1. The van der Waals surface area contributed by atoms with E-state index in [2.05, 4.69) is 11.1 Å². The fourth-order valence-electron chi connectivity index (χ4n) is 3.72. The second kappa shape index (κ2) is 7.41. The molecule has 1 aliphatic rings. The predicted molar refractivity (Wildman–Crippen MR) is 106 cm³/mol. The van der Waals surface area contributed by atoms with Crippen LogP contribution in [0.15, 0.2) is 47.3 Å². The number of fused-ring (bicyclic) bond motifs is 1. The summed E-state index contributed by atoms with van der Waals surface area (Å²) in [6.45, 7) is 1.44. The van der Waals surface area contributed by atoms with E-state index >= 15 is 0 Å². The van der Waals surface area contributed by atoms with Gasteiger partial charge in [-0.2, -0.15) is 5.26 Å². The van der Waals surface area contributed by atoms with Crippen LogP contribution in [0.3, 0.4) is 0 Å². The number of hydrogen-bond donors (Lipinski definition) is 1. The SMILES string of the molecule is N#Cc1ccccc1Cn1c(N2CCCC(N)C2)nc2cccc(F)c2c1=O. The normalized spacial score (nSPS) is 16.9. The number of anilines is 1. The van der Waals surface area contributed by atoms with Crippen molar-refractivity contribution in [3.05, 3.63) is 69.8 Å². The van der Waals surface area contributed by atoms with Crippen LogP contribution < -0.4 is 16.2 Å². The molecule has 0 spiro atoms. The third-order valence-electron chi connectivity index (χ3n) is 5.12. The Labute approximate surface area is 161 Å². The third kappa shape index (κ3) is 3.23. The van der Waals surface area contributed by atoms with Crippen molar-refractivity contribution < 1.29 is 4.39 Å². The Morgan fingerprint density at radius 1 is 1.25 bits per heavy atom. The molecule has 142 valence electrons. The molecule has 1 atom stereocenters. The van der Waals surface area contributed by atoms with Crippen molar-refractivity contribution in [2.45, 2.75) is 25.4 Å². The summed E-state index contributed by atoms with van der Waals surface area (Å²) in [5, 5.41) is 9.35. The standard InChI is InChI=1S/C21H20FN5O/c22-17-8-3-9-18-19(17)20(28)27(12-15-6-2-1-5-14(15)11-23)21(25-18)26-10-4-7-16(24)13-26/h1-3,5-6,8-9,16H,4,7,10,12-13,24H2. The van der Waals surface area contributed by atoms with Gasteiger partial charge in [-0.1, -0.05) is 24.3 Å². The van der Waals surface area contributed by atoms with Crippen LogP contribution in [0, 0.1) is 17.1 Å². The molecule has 4 rings (SSSR count). The highest BCUT2D eigenvalue weighted by molar-refractivity contribution is 5.79. The van der Waals surface area contributed by atoms with Gasteiger partial charge >= 0.3 is 0 Å². The van der Waals surface area contributed by atoms with Gasteiger partial charge in [-0.05, 0) is 36.6 Å². The van der Waals surface area contributed by atoms with Gasteiger partial charge in [0.05, 0.1) is 23.7 Å². The van der Waals surface area contributed by atoms with E-state index in [1.165, 1.54) is 10.6 Å². The average Bonchev–Trinajstić information content (AvgIpc) is 2.70. The molecular formula is C21H20FN5O. The quantitative estimate of drug-likeness (QED) is 0.757. The van der Waals surface area contributed by atoms with Crippen molar-refractivity contribution >= 4 is 16.9 Å². The van der Waals surface area contributed by atoms with Gasteiger partial charge in [-0.15, -0.1) is 0 Å². The maximum atomic E-state index is 14.4. The van der Waals surface area contributed by atoms with E-state index in [1.807, 2.05) is 11.0 Å². The van der Waals surface area contributed by atoms with E-state index in [4.69, 9.17) is 5.73 Å². The van der Waals surface area contributed by atoms with E-state index in [0.717, 1.165) is 19.4 Å². The Kier molecular flexibility index (Phi) is 4.80. The minimum Gasteiger partial charge on any atom is -0.341 e. The van der Waals surface area contributed by atoms with Crippen LogP contribution in [0.4, 0.5) is 10.3 Å². The topological polar surface area (TPSA) is 87.9 Å². The molecular weight excluding hydrogens is 357 g/mol. The molecule has 1 fully saturated rings. The molecule has 0 radical (unpaired) electrons. The van der Waals surface area contributed by atoms with E-state index in [1.54, 1.807) is 30.3 Å². The van der Waals surface area contributed by atoms with Gasteiger partial charge in [-0.3, -0.25) is 9.36 Å². The molecule has 7 heteroatoms. The van der Waals surface area contributed by atoms with E-state index in [0.29, 0.717) is 29.1 Å². The lowest BCUT2D eigenvalue weighted by atomic mass is 10.1. The van der Waals surface area contributed by atoms with Crippen LogP contribution in [0.1, 0.15) is 24.0 Å². The maximum absolute atomic E-state index is 14.4. The number of halogens is 1. The predicted octanol–water partition coefficient (Wildman–Crippen LogP) is 2.38. The molecule has 0 amide bonds. The minimum absolute atomic E-state index is 0.00583. The Bertz CT molecular complexity index is 1130. The van der Waals surface area contributed by atoms with Crippen LogP contribution in [0.5, 0.6) is 0 Å². The van der Waals surface area contributed by atoms with Crippen molar-refractivity contribution in [3.63, 3.8) is 0 Å². The van der Waals surface area contributed by atoms with Crippen molar-refractivity contribution in [2.75, 3.05) is 18.0 Å². The number of aromatic nitrogens is 2. The van der Waals surface area contributed by atoms with E-state index in [-0.39, 0.29) is 18.0 Å². The third-order valence-corrected chi connectivity index (χ3v) is 5.12. The molecule has 1 aliphatic heterocycles. The van der Waals surface area contributed by atoms with Gasteiger partial charge in [0.1, 0.15) is 11.2 Å². The van der Waals surface area contributed by atoms with Crippen LogP contribution in [0.2, 0.25) is 0 Å². The summed E-state index contributed by atoms with van der Waals surface area (Å²) < 4.78 is 15.9. The number of rotatable bonds is 3. The highest BCUT2D eigenvalue weighted by Crippen LogP contribution is 2.22. The number of nitriles is 1. The molecule has 0 saturated carbocycles. The summed E-state index contributed by atoms with van der Waals surface area (Å²) >= 11 is 0. The summed E-state index contributed by atoms with van der Waals surface area (Å²) in [6, 6.07) is 13.7. The van der Waals surface area contributed by atoms with Gasteiger partial charge in [0.15, 0.2) is 0 Å². The first-order valence-corrected chi connectivity index (χ1v) is 9.26. The molecule has 28 heavy (non-hydrogen) atoms. The summed E-state index contributed by atoms with van der Waals surface area (Å²) in [5.41, 5.74) is 7.16. The van der Waals surface area contributed by atoms with Gasteiger partial charge in [0.2, 0.25) is 5.95 Å². The summed E-state index contributed by atoms with van der Waals surface area (Å²) in [6.07, 6.45) is 1.81. The summed E-state index contributed by atoms with van der Waals surface area (Å²) in [5.74, 6) is -0.134. The zero-order valence-corrected chi connectivity index (χ0v) is 15.3. The van der Waals surface area contributed by atoms with E-state index < -0.39 is 11.4 Å². The van der Waals surface area contributed by atoms with Gasteiger partial charge in [0.25, 0.3) is 5.56 Å². The van der Waals surface area contributed by atoms with Crippen molar-refractivity contribution in [1.29, 1.82) is 5.26 Å². The summed E-state index contributed by atoms with van der Waals surface area (Å²) in [7, 11) is 0. The molecule has 0 bridgehead atoms. The molecule has 2 N–H and O–H groups in total. The zero-order valence-electron chi connectivity index (χ0n) is 15.3. The van der Waals surface area contributed by atoms with Crippen LogP contribution in [-0.4, -0.2) is 28.7 Å². The molecule has 1 saturated heterocycles. The molecule has 3 aromatic rings. The number of benzene rings is 2. The molecule has 2 aromatic carbocycles.